The van der Waals surface area contributed by atoms with E-state index in [2.05, 4.69) is 9.88 Å². The Balaban J connectivity index is 1.52. The Labute approximate surface area is 207 Å². The number of carbonyl (C=O) groups is 1. The number of aromatic nitrogens is 1. The molecule has 9 heteroatoms. The minimum atomic E-state index is -2.91. The lowest BCUT2D eigenvalue weighted by molar-refractivity contribution is 0.0173. The number of alkyl halides is 2. The quantitative estimate of drug-likeness (QED) is 0.231. The molecular formula is C26H28F2N2O4S. The summed E-state index contributed by atoms with van der Waals surface area (Å²) in [6.45, 7) is 3.08. The maximum atomic E-state index is 13.9. The molecule has 35 heavy (non-hydrogen) atoms. The molecule has 0 saturated carbocycles. The van der Waals surface area contributed by atoms with Crippen LogP contribution in [0.3, 0.4) is 0 Å². The minimum Gasteiger partial charge on any atom is -0.454 e. The van der Waals surface area contributed by atoms with Crippen molar-refractivity contribution in [2.75, 3.05) is 20.5 Å². The van der Waals surface area contributed by atoms with Crippen LogP contribution in [0.1, 0.15) is 52.0 Å². The third kappa shape index (κ3) is 6.84. The summed E-state index contributed by atoms with van der Waals surface area (Å²) in [7, 11) is 1.61. The molecule has 1 aliphatic rings. The number of benzene rings is 2. The van der Waals surface area contributed by atoms with Crippen molar-refractivity contribution in [1.29, 1.82) is 0 Å². The first-order chi connectivity index (χ1) is 16.8. The van der Waals surface area contributed by atoms with Crippen molar-refractivity contribution in [3.63, 3.8) is 0 Å². The average Bonchev–Trinajstić information content (AvgIpc) is 3.48. The summed E-state index contributed by atoms with van der Waals surface area (Å²) in [6, 6.07) is 12.2. The van der Waals surface area contributed by atoms with Gasteiger partial charge in [-0.2, -0.15) is 0 Å². The third-order valence-electron chi connectivity index (χ3n) is 5.63. The minimum absolute atomic E-state index is 0.00949. The number of thiazole rings is 1. The van der Waals surface area contributed by atoms with Gasteiger partial charge in [-0.05, 0) is 35.7 Å². The van der Waals surface area contributed by atoms with Crippen LogP contribution in [0.2, 0.25) is 0 Å². The van der Waals surface area contributed by atoms with Crippen LogP contribution in [0.5, 0.6) is 11.5 Å². The SMILES string of the molecule is COCCCC(=O)c1csc(CN(Cc2cccc(C(C)(F)F)c2)Cc2ccc3c(c2)OCO3)n1. The van der Waals surface area contributed by atoms with Crippen LogP contribution in [0, 0.1) is 0 Å². The van der Waals surface area contributed by atoms with Gasteiger partial charge in [-0.25, -0.2) is 13.8 Å². The maximum Gasteiger partial charge on any atom is 0.270 e. The van der Waals surface area contributed by atoms with Gasteiger partial charge in [0.1, 0.15) is 10.7 Å². The zero-order valence-electron chi connectivity index (χ0n) is 19.8. The van der Waals surface area contributed by atoms with Gasteiger partial charge in [0.05, 0.1) is 6.54 Å². The maximum absolute atomic E-state index is 13.9. The molecule has 0 fully saturated rings. The smallest absolute Gasteiger partial charge is 0.270 e. The van der Waals surface area contributed by atoms with Gasteiger partial charge in [0.2, 0.25) is 6.79 Å². The predicted octanol–water partition coefficient (Wildman–Crippen LogP) is 5.80. The summed E-state index contributed by atoms with van der Waals surface area (Å²) in [5.74, 6) is -1.53. The monoisotopic (exact) mass is 502 g/mol. The second-order valence-corrected chi connectivity index (χ2v) is 9.51. The molecule has 6 nitrogen and oxygen atoms in total. The fourth-order valence-electron chi connectivity index (χ4n) is 3.87. The molecule has 2 aromatic carbocycles. The lowest BCUT2D eigenvalue weighted by atomic mass is 10.1. The second kappa shape index (κ2) is 11.2. The van der Waals surface area contributed by atoms with Crippen molar-refractivity contribution in [2.45, 2.75) is 45.3 Å². The highest BCUT2D eigenvalue weighted by Gasteiger charge is 2.24. The molecular weight excluding hydrogens is 474 g/mol. The number of ketones is 1. The largest absolute Gasteiger partial charge is 0.454 e. The Morgan fingerprint density at radius 1 is 1.11 bits per heavy atom. The fraction of sp³-hybridized carbons (Fsp3) is 0.385. The Hall–Kier alpha value is -2.88. The van der Waals surface area contributed by atoms with Crippen molar-refractivity contribution in [2.24, 2.45) is 0 Å². The highest BCUT2D eigenvalue weighted by Crippen LogP contribution is 2.33. The van der Waals surface area contributed by atoms with E-state index in [4.69, 9.17) is 14.2 Å². The van der Waals surface area contributed by atoms with E-state index in [1.54, 1.807) is 24.6 Å². The Morgan fingerprint density at radius 2 is 1.89 bits per heavy atom. The molecule has 0 spiro atoms. The van der Waals surface area contributed by atoms with Crippen molar-refractivity contribution in [3.8, 4) is 11.5 Å². The van der Waals surface area contributed by atoms with E-state index in [1.165, 1.54) is 17.4 Å². The lowest BCUT2D eigenvalue weighted by Gasteiger charge is -2.22. The zero-order valence-corrected chi connectivity index (χ0v) is 20.6. The Bertz CT molecular complexity index is 1160. The van der Waals surface area contributed by atoms with Crippen LogP contribution in [-0.4, -0.2) is 36.2 Å². The first-order valence-electron chi connectivity index (χ1n) is 11.4. The van der Waals surface area contributed by atoms with Gasteiger partial charge in [0.25, 0.3) is 5.92 Å². The van der Waals surface area contributed by atoms with Crippen molar-refractivity contribution in [1.82, 2.24) is 9.88 Å². The number of hydrogen-bond donors (Lipinski definition) is 0. The van der Waals surface area contributed by atoms with Gasteiger partial charge in [-0.3, -0.25) is 9.69 Å². The lowest BCUT2D eigenvalue weighted by Crippen LogP contribution is -2.23. The highest BCUT2D eigenvalue weighted by molar-refractivity contribution is 7.09. The summed E-state index contributed by atoms with van der Waals surface area (Å²) >= 11 is 1.42. The normalized spacial score (nSPS) is 12.9. The zero-order chi connectivity index (χ0) is 24.8. The van der Waals surface area contributed by atoms with Crippen LogP contribution in [0.15, 0.2) is 47.8 Å². The van der Waals surface area contributed by atoms with Gasteiger partial charge in [0.15, 0.2) is 17.3 Å². The third-order valence-corrected chi connectivity index (χ3v) is 6.47. The predicted molar refractivity (Wildman–Crippen MR) is 129 cm³/mol. The number of rotatable bonds is 12. The standard InChI is InChI=1S/C26H28F2N2O4S/c1-26(27,28)20-6-3-5-18(11-20)13-30(14-19-8-9-23-24(12-19)34-17-33-23)15-25-29-21(16-35-25)22(31)7-4-10-32-2/h3,5-6,8-9,11-12,16H,4,7,10,13-15,17H2,1-2H3. The molecule has 0 aliphatic carbocycles. The van der Waals surface area contributed by atoms with E-state index in [-0.39, 0.29) is 18.1 Å². The Kier molecular flexibility index (Phi) is 8.10. The number of Topliss-reactive ketones (excluding diaryl/α,β-unsaturated/α-hetero) is 1. The van der Waals surface area contributed by atoms with Crippen molar-refractivity contribution in [3.05, 3.63) is 75.2 Å². The molecule has 0 saturated heterocycles. The van der Waals surface area contributed by atoms with Gasteiger partial charge in [-0.15, -0.1) is 11.3 Å². The molecule has 0 unspecified atom stereocenters. The number of halogens is 2. The van der Waals surface area contributed by atoms with Gasteiger partial charge in [-0.1, -0.05) is 24.3 Å². The number of hydrogen-bond acceptors (Lipinski definition) is 7. The summed E-state index contributed by atoms with van der Waals surface area (Å²) in [4.78, 5) is 19.1. The first-order valence-corrected chi connectivity index (χ1v) is 12.2. The van der Waals surface area contributed by atoms with Crippen molar-refractivity contribution >= 4 is 17.1 Å². The molecule has 2 heterocycles. The fourth-order valence-corrected chi connectivity index (χ4v) is 4.71. The molecule has 0 bridgehead atoms. The number of nitrogens with zero attached hydrogens (tertiary/aromatic N) is 2. The second-order valence-electron chi connectivity index (χ2n) is 8.57. The number of ether oxygens (including phenoxy) is 3. The molecule has 0 atom stereocenters. The van der Waals surface area contributed by atoms with E-state index in [0.717, 1.165) is 23.1 Å². The highest BCUT2D eigenvalue weighted by atomic mass is 32.1. The summed E-state index contributed by atoms with van der Waals surface area (Å²) in [6.07, 6.45) is 1.03. The Morgan fingerprint density at radius 3 is 2.66 bits per heavy atom. The molecule has 186 valence electrons. The molecule has 4 rings (SSSR count). The van der Waals surface area contributed by atoms with E-state index in [0.29, 0.717) is 56.3 Å². The van der Waals surface area contributed by atoms with Crippen LogP contribution < -0.4 is 9.47 Å². The van der Waals surface area contributed by atoms with Gasteiger partial charge < -0.3 is 14.2 Å². The molecule has 3 aromatic rings. The topological polar surface area (TPSA) is 60.9 Å². The molecule has 1 aromatic heterocycles. The summed E-state index contributed by atoms with van der Waals surface area (Å²) in [5, 5.41) is 2.57. The van der Waals surface area contributed by atoms with E-state index >= 15 is 0 Å². The van der Waals surface area contributed by atoms with E-state index in [1.807, 2.05) is 24.3 Å². The average molecular weight is 503 g/mol. The molecule has 0 amide bonds. The summed E-state index contributed by atoms with van der Waals surface area (Å²) in [5.41, 5.74) is 2.21. The number of carbonyl (C=O) groups excluding carboxylic acids is 1. The number of fused-ring (bicyclic) bond motifs is 1. The van der Waals surface area contributed by atoms with Crippen LogP contribution >= 0.6 is 11.3 Å². The van der Waals surface area contributed by atoms with Gasteiger partial charge in [0, 0.05) is 51.1 Å². The molecule has 1 aliphatic heterocycles. The van der Waals surface area contributed by atoms with Crippen LogP contribution in [0.25, 0.3) is 0 Å². The summed E-state index contributed by atoms with van der Waals surface area (Å²) < 4.78 is 43.7. The number of methoxy groups -OCH3 is 1. The van der Waals surface area contributed by atoms with Crippen molar-refractivity contribution < 1.29 is 27.8 Å². The van der Waals surface area contributed by atoms with Gasteiger partial charge >= 0.3 is 0 Å². The van der Waals surface area contributed by atoms with E-state index in [9.17, 15) is 13.6 Å². The van der Waals surface area contributed by atoms with E-state index < -0.39 is 5.92 Å². The first kappa shape index (κ1) is 25.2. The molecule has 0 radical (unpaired) electrons. The van der Waals surface area contributed by atoms with Crippen LogP contribution in [0.4, 0.5) is 8.78 Å². The molecule has 0 N–H and O–H groups in total. The van der Waals surface area contributed by atoms with Crippen LogP contribution in [-0.2, 0) is 30.3 Å².